The van der Waals surface area contributed by atoms with Crippen molar-refractivity contribution in [3.05, 3.63) is 62.2 Å². The van der Waals surface area contributed by atoms with Crippen LogP contribution >= 0.6 is 22.7 Å². The molecule has 0 fully saturated rings. The molecule has 2 aromatic heterocycles. The van der Waals surface area contributed by atoms with Crippen LogP contribution in [0.2, 0.25) is 0 Å². The lowest BCUT2D eigenvalue weighted by Crippen LogP contribution is -2.28. The Morgan fingerprint density at radius 2 is 1.02 bits per heavy atom. The molecule has 0 radical (unpaired) electrons. The van der Waals surface area contributed by atoms with Crippen molar-refractivity contribution in [2.45, 2.75) is 160 Å². The maximum Gasteiger partial charge on any atom is 0.338 e. The molecule has 0 bridgehead atoms. The van der Waals surface area contributed by atoms with Crippen molar-refractivity contribution in [1.82, 2.24) is 0 Å². The van der Waals surface area contributed by atoms with E-state index in [1.807, 2.05) is 89.2 Å². The van der Waals surface area contributed by atoms with Crippen molar-refractivity contribution >= 4 is 40.2 Å². The molecule has 1 aliphatic carbocycles. The molecular weight excluding hydrogens is 721 g/mol. The average molecular weight is 781 g/mol. The van der Waals surface area contributed by atoms with E-state index in [2.05, 4.69) is 27.7 Å². The summed E-state index contributed by atoms with van der Waals surface area (Å²) in [5, 5.41) is 0. The first kappa shape index (κ1) is 43.1. The highest BCUT2D eigenvalue weighted by molar-refractivity contribution is 7.24. The van der Waals surface area contributed by atoms with E-state index >= 15 is 0 Å². The highest BCUT2D eigenvalue weighted by Crippen LogP contribution is 2.53. The monoisotopic (exact) mass is 780 g/mol. The quantitative estimate of drug-likeness (QED) is 0.141. The number of allylic oxidation sites excluding steroid dienone is 1. The van der Waals surface area contributed by atoms with Crippen LogP contribution in [0, 0.1) is 27.7 Å². The largest absolute Gasteiger partial charge is 0.491 e. The van der Waals surface area contributed by atoms with Crippen molar-refractivity contribution in [3.63, 3.8) is 0 Å². The van der Waals surface area contributed by atoms with Crippen LogP contribution < -0.4 is 9.47 Å². The normalized spacial score (nSPS) is 14.9. The van der Waals surface area contributed by atoms with E-state index < -0.39 is 12.1 Å². The van der Waals surface area contributed by atoms with Gasteiger partial charge in [0.1, 0.15) is 17.3 Å². The molecule has 0 amide bonds. The fourth-order valence-corrected chi connectivity index (χ4v) is 9.29. The minimum absolute atomic E-state index is 0.0838. The van der Waals surface area contributed by atoms with Crippen LogP contribution in [0.4, 0.5) is 0 Å². The van der Waals surface area contributed by atoms with E-state index in [1.54, 1.807) is 34.8 Å². The van der Waals surface area contributed by atoms with Gasteiger partial charge in [0.25, 0.3) is 0 Å². The lowest BCUT2D eigenvalue weighted by molar-refractivity contribution is -0.143. The Hall–Kier alpha value is -3.60. The molecule has 1 aliphatic rings. The Balaban J connectivity index is 1.97. The molecule has 0 N–H and O–H groups in total. The summed E-state index contributed by atoms with van der Waals surface area (Å²) >= 11 is 3.42. The van der Waals surface area contributed by atoms with Gasteiger partial charge in [-0.05, 0) is 151 Å². The molecule has 1 atom stereocenters. The number of carbonyl (C=O) groups excluding carboxylic acids is 2. The summed E-state index contributed by atoms with van der Waals surface area (Å²) in [6.45, 7) is 31.9. The molecule has 0 saturated heterocycles. The zero-order valence-electron chi connectivity index (χ0n) is 35.1. The first-order valence-electron chi connectivity index (χ1n) is 19.1. The first-order chi connectivity index (χ1) is 25.2. The average Bonchev–Trinajstić information content (AvgIpc) is 3.48. The van der Waals surface area contributed by atoms with Gasteiger partial charge in [0.2, 0.25) is 0 Å². The molecule has 8 nitrogen and oxygen atoms in total. The molecular formula is C44H60O8S2. The van der Waals surface area contributed by atoms with Crippen LogP contribution in [-0.4, -0.2) is 54.7 Å². The molecule has 0 saturated carbocycles. The SMILES string of the molecule is Cc1c(C2=C(OC(C)C)C=C(C(=O)OC(C)C)CC2OC(C)C)sc(-c2sc(-c3c(OC(C)C)cc(C(=O)OC(C)C)cc3OC(C)C)c(C)c2C)c1C. The second-order valence-corrected chi connectivity index (χ2v) is 17.6. The molecule has 10 heteroatoms. The second-order valence-electron chi connectivity index (χ2n) is 15.6. The van der Waals surface area contributed by atoms with Crippen LogP contribution in [0.1, 0.15) is 127 Å². The van der Waals surface area contributed by atoms with Crippen LogP contribution in [-0.2, 0) is 23.7 Å². The fourth-order valence-electron chi connectivity index (χ4n) is 6.27. The Kier molecular flexibility index (Phi) is 14.3. The molecule has 0 aliphatic heterocycles. The summed E-state index contributed by atoms with van der Waals surface area (Å²) in [6.07, 6.45) is 0.817. The smallest absolute Gasteiger partial charge is 0.338 e. The number of esters is 2. The predicted octanol–water partition coefficient (Wildman–Crippen LogP) is 11.7. The molecule has 0 spiro atoms. The number of benzene rings is 1. The number of thiophene rings is 2. The number of carbonyl (C=O) groups is 2. The van der Waals surface area contributed by atoms with Gasteiger partial charge in [-0.15, -0.1) is 22.7 Å². The van der Waals surface area contributed by atoms with Gasteiger partial charge in [0.05, 0.1) is 53.9 Å². The van der Waals surface area contributed by atoms with E-state index in [9.17, 15) is 9.59 Å². The topological polar surface area (TPSA) is 89.5 Å². The lowest BCUT2D eigenvalue weighted by Gasteiger charge is -2.30. The highest BCUT2D eigenvalue weighted by atomic mass is 32.1. The molecule has 1 aromatic carbocycles. The number of rotatable bonds is 15. The fraction of sp³-hybridized carbons (Fsp3) is 0.545. The van der Waals surface area contributed by atoms with E-state index in [4.69, 9.17) is 28.4 Å². The van der Waals surface area contributed by atoms with Crippen LogP contribution in [0.15, 0.2) is 29.5 Å². The molecule has 54 heavy (non-hydrogen) atoms. The third kappa shape index (κ3) is 9.98. The van der Waals surface area contributed by atoms with E-state index in [1.165, 1.54) is 5.56 Å². The van der Waals surface area contributed by atoms with Gasteiger partial charge in [-0.2, -0.15) is 0 Å². The van der Waals surface area contributed by atoms with Gasteiger partial charge in [-0.25, -0.2) is 9.59 Å². The predicted molar refractivity (Wildman–Crippen MR) is 221 cm³/mol. The number of hydrogen-bond acceptors (Lipinski definition) is 10. The van der Waals surface area contributed by atoms with Crippen molar-refractivity contribution in [1.29, 1.82) is 0 Å². The van der Waals surface area contributed by atoms with Gasteiger partial charge in [-0.1, -0.05) is 0 Å². The maximum absolute atomic E-state index is 13.2. The lowest BCUT2D eigenvalue weighted by atomic mass is 9.90. The minimum Gasteiger partial charge on any atom is -0.491 e. The first-order valence-corrected chi connectivity index (χ1v) is 20.7. The van der Waals surface area contributed by atoms with Crippen LogP contribution in [0.5, 0.6) is 11.5 Å². The van der Waals surface area contributed by atoms with Crippen molar-refractivity contribution < 1.29 is 38.0 Å². The molecule has 1 unspecified atom stereocenters. The highest BCUT2D eigenvalue weighted by Gasteiger charge is 2.35. The summed E-state index contributed by atoms with van der Waals surface area (Å²) in [7, 11) is 0. The third-order valence-electron chi connectivity index (χ3n) is 8.65. The van der Waals surface area contributed by atoms with Gasteiger partial charge < -0.3 is 28.4 Å². The Bertz CT molecular complexity index is 1870. The Morgan fingerprint density at radius 1 is 0.574 bits per heavy atom. The number of ether oxygens (including phenoxy) is 6. The molecule has 4 rings (SSSR count). The summed E-state index contributed by atoms with van der Waals surface area (Å²) < 4.78 is 37.1. The van der Waals surface area contributed by atoms with Crippen molar-refractivity contribution in [3.8, 4) is 31.7 Å². The van der Waals surface area contributed by atoms with E-state index in [0.717, 1.165) is 47.3 Å². The van der Waals surface area contributed by atoms with Crippen LogP contribution in [0.25, 0.3) is 25.8 Å². The van der Waals surface area contributed by atoms with Gasteiger partial charge >= 0.3 is 11.9 Å². The van der Waals surface area contributed by atoms with Gasteiger partial charge in [0, 0.05) is 37.1 Å². The summed E-state index contributed by atoms with van der Waals surface area (Å²) in [4.78, 5) is 30.8. The van der Waals surface area contributed by atoms with Gasteiger partial charge in [0.15, 0.2) is 0 Å². The maximum atomic E-state index is 13.2. The zero-order chi connectivity index (χ0) is 40.3. The number of hydrogen-bond donors (Lipinski definition) is 0. The van der Waals surface area contributed by atoms with Crippen molar-refractivity contribution in [2.24, 2.45) is 0 Å². The minimum atomic E-state index is -0.424. The standard InChI is InChI=1S/C44H60O8S2/c1-21(2)47-33-17-31(43(45)51-25(9)10)18-34(48-22(3)4)37(33)39-27(13)29(15)41(53-39)42-30(16)28(14)40(54-42)38-35(49-23(5)6)19-32(44(46)52-26(11)12)20-36(38)50-24(7)8/h17-19,21-26,36H,20H2,1-16H3. The molecule has 3 aromatic rings. The van der Waals surface area contributed by atoms with Crippen molar-refractivity contribution in [2.75, 3.05) is 0 Å². The molecule has 2 heterocycles. The second kappa shape index (κ2) is 17.9. The van der Waals surface area contributed by atoms with Gasteiger partial charge in [-0.3, -0.25) is 0 Å². The third-order valence-corrected chi connectivity index (χ3v) is 11.6. The van der Waals surface area contributed by atoms with Crippen LogP contribution in [0.3, 0.4) is 0 Å². The van der Waals surface area contributed by atoms with E-state index in [-0.39, 0.29) is 42.6 Å². The Labute approximate surface area is 330 Å². The summed E-state index contributed by atoms with van der Waals surface area (Å²) in [5.74, 6) is 1.01. The Morgan fingerprint density at radius 3 is 1.48 bits per heavy atom. The summed E-state index contributed by atoms with van der Waals surface area (Å²) in [6, 6.07) is 3.55. The molecule has 296 valence electrons. The van der Waals surface area contributed by atoms with E-state index in [0.29, 0.717) is 34.8 Å². The zero-order valence-corrected chi connectivity index (χ0v) is 36.7. The summed E-state index contributed by atoms with van der Waals surface area (Å²) in [5.41, 5.74) is 7.27.